The first kappa shape index (κ1) is 18.5. The van der Waals surface area contributed by atoms with Gasteiger partial charge in [-0.15, -0.1) is 0 Å². The lowest BCUT2D eigenvalue weighted by molar-refractivity contribution is -0.126. The number of carbonyl (C=O) groups is 1. The van der Waals surface area contributed by atoms with E-state index in [1.165, 1.54) is 6.07 Å². The summed E-state index contributed by atoms with van der Waals surface area (Å²) in [5.74, 6) is 1.06. The van der Waals surface area contributed by atoms with E-state index >= 15 is 0 Å². The van der Waals surface area contributed by atoms with Crippen LogP contribution in [-0.2, 0) is 11.2 Å². The average Bonchev–Trinajstić information content (AvgIpc) is 2.64. The van der Waals surface area contributed by atoms with E-state index in [9.17, 15) is 9.18 Å². The molecule has 1 amide bonds. The molecule has 1 aliphatic rings. The minimum absolute atomic E-state index is 0.0250. The van der Waals surface area contributed by atoms with Gasteiger partial charge in [-0.3, -0.25) is 9.69 Å². The number of rotatable bonds is 4. The number of methoxy groups -OCH3 is 1. The molecule has 4 nitrogen and oxygen atoms in total. The van der Waals surface area contributed by atoms with Crippen molar-refractivity contribution in [2.24, 2.45) is 4.99 Å². The SMILES string of the molecule is COc1ccc(C)cc1N=C1SCCCN1C(=O)Cc1ccccc1F. The number of amidine groups is 1. The number of aliphatic imine (C=N–C) groups is 1. The molecule has 1 saturated heterocycles. The van der Waals surface area contributed by atoms with E-state index in [0.717, 1.165) is 17.7 Å². The Hall–Kier alpha value is -2.34. The molecule has 136 valence electrons. The average molecular weight is 372 g/mol. The van der Waals surface area contributed by atoms with Crippen molar-refractivity contribution in [3.63, 3.8) is 0 Å². The van der Waals surface area contributed by atoms with Gasteiger partial charge in [-0.05, 0) is 42.7 Å². The molecule has 0 spiro atoms. The van der Waals surface area contributed by atoms with E-state index in [1.807, 2.05) is 25.1 Å². The van der Waals surface area contributed by atoms with Crippen LogP contribution in [0.2, 0.25) is 0 Å². The second-order valence-electron chi connectivity index (χ2n) is 6.09. The molecule has 0 aromatic heterocycles. The van der Waals surface area contributed by atoms with Crippen LogP contribution in [0.3, 0.4) is 0 Å². The number of hydrogen-bond donors (Lipinski definition) is 0. The van der Waals surface area contributed by atoms with Crippen LogP contribution < -0.4 is 4.74 Å². The number of aryl methyl sites for hydroxylation is 1. The summed E-state index contributed by atoms with van der Waals surface area (Å²) in [5, 5.41) is 0.640. The maximum absolute atomic E-state index is 13.9. The van der Waals surface area contributed by atoms with Crippen LogP contribution in [0, 0.1) is 12.7 Å². The summed E-state index contributed by atoms with van der Waals surface area (Å²) < 4.78 is 19.3. The van der Waals surface area contributed by atoms with Gasteiger partial charge in [-0.25, -0.2) is 9.38 Å². The standard InChI is InChI=1S/C20H21FN2O2S/c1-14-8-9-18(25-2)17(12-14)22-20-23(10-5-11-26-20)19(24)13-15-6-3-4-7-16(15)21/h3-4,6-9,12H,5,10-11,13H2,1-2H3. The van der Waals surface area contributed by atoms with Gasteiger partial charge in [0.1, 0.15) is 17.3 Å². The molecule has 0 N–H and O–H groups in total. The smallest absolute Gasteiger partial charge is 0.233 e. The zero-order valence-electron chi connectivity index (χ0n) is 14.9. The van der Waals surface area contributed by atoms with Crippen molar-refractivity contribution < 1.29 is 13.9 Å². The molecule has 0 unspecified atom stereocenters. The van der Waals surface area contributed by atoms with Gasteiger partial charge < -0.3 is 4.74 Å². The van der Waals surface area contributed by atoms with Crippen molar-refractivity contribution in [2.45, 2.75) is 19.8 Å². The minimum Gasteiger partial charge on any atom is -0.494 e. The van der Waals surface area contributed by atoms with E-state index in [4.69, 9.17) is 4.74 Å². The molecular weight excluding hydrogens is 351 g/mol. The predicted octanol–water partition coefficient (Wildman–Crippen LogP) is 4.34. The van der Waals surface area contributed by atoms with E-state index in [2.05, 4.69) is 4.99 Å². The summed E-state index contributed by atoms with van der Waals surface area (Å²) in [4.78, 5) is 19.1. The van der Waals surface area contributed by atoms with Crippen molar-refractivity contribution in [2.75, 3.05) is 19.4 Å². The third kappa shape index (κ3) is 4.25. The predicted molar refractivity (Wildman–Crippen MR) is 104 cm³/mol. The number of halogens is 1. The highest BCUT2D eigenvalue weighted by molar-refractivity contribution is 8.13. The van der Waals surface area contributed by atoms with Crippen LogP contribution in [0.15, 0.2) is 47.5 Å². The maximum Gasteiger partial charge on any atom is 0.233 e. The number of thioether (sulfide) groups is 1. The minimum atomic E-state index is -0.357. The highest BCUT2D eigenvalue weighted by Gasteiger charge is 2.25. The van der Waals surface area contributed by atoms with Gasteiger partial charge in [-0.1, -0.05) is 36.0 Å². The number of ether oxygens (including phenoxy) is 1. The molecule has 1 fully saturated rings. The molecule has 2 aromatic carbocycles. The molecule has 0 aliphatic carbocycles. The number of nitrogens with zero attached hydrogens (tertiary/aromatic N) is 2. The summed E-state index contributed by atoms with van der Waals surface area (Å²) >= 11 is 1.54. The molecule has 6 heteroatoms. The summed E-state index contributed by atoms with van der Waals surface area (Å²) in [6.07, 6.45) is 0.912. The first-order chi connectivity index (χ1) is 12.6. The lowest BCUT2D eigenvalue weighted by atomic mass is 10.1. The molecule has 1 aliphatic heterocycles. The maximum atomic E-state index is 13.9. The fraction of sp³-hybridized carbons (Fsp3) is 0.300. The van der Waals surface area contributed by atoms with Crippen molar-refractivity contribution >= 4 is 28.5 Å². The Balaban J connectivity index is 1.87. The number of benzene rings is 2. The topological polar surface area (TPSA) is 41.9 Å². The largest absolute Gasteiger partial charge is 0.494 e. The Morgan fingerprint density at radius 2 is 2.12 bits per heavy atom. The molecule has 0 radical (unpaired) electrons. The third-order valence-corrected chi connectivity index (χ3v) is 5.20. The number of hydrogen-bond acceptors (Lipinski definition) is 4. The summed E-state index contributed by atoms with van der Waals surface area (Å²) in [5.41, 5.74) is 2.16. The summed E-state index contributed by atoms with van der Waals surface area (Å²) in [6, 6.07) is 12.1. The first-order valence-electron chi connectivity index (χ1n) is 8.48. The molecule has 0 bridgehead atoms. The van der Waals surface area contributed by atoms with Crippen LogP contribution in [0.25, 0.3) is 0 Å². The fourth-order valence-corrected chi connectivity index (χ4v) is 3.74. The molecule has 0 saturated carbocycles. The lowest BCUT2D eigenvalue weighted by Gasteiger charge is -2.28. The Morgan fingerprint density at radius 3 is 2.88 bits per heavy atom. The number of amides is 1. The van der Waals surface area contributed by atoms with Crippen LogP contribution in [0.1, 0.15) is 17.5 Å². The van der Waals surface area contributed by atoms with Gasteiger partial charge in [-0.2, -0.15) is 0 Å². The van der Waals surface area contributed by atoms with Crippen molar-refractivity contribution in [1.29, 1.82) is 0 Å². The van der Waals surface area contributed by atoms with Gasteiger partial charge in [0, 0.05) is 12.3 Å². The second kappa shape index (κ2) is 8.36. The Kier molecular flexibility index (Phi) is 5.93. The van der Waals surface area contributed by atoms with E-state index in [0.29, 0.717) is 28.7 Å². The Bertz CT molecular complexity index is 838. The Morgan fingerprint density at radius 1 is 1.31 bits per heavy atom. The Labute approximate surface area is 157 Å². The number of carbonyl (C=O) groups excluding carboxylic acids is 1. The van der Waals surface area contributed by atoms with Gasteiger partial charge in [0.2, 0.25) is 5.91 Å². The molecular formula is C20H21FN2O2S. The van der Waals surface area contributed by atoms with Crippen LogP contribution in [0.4, 0.5) is 10.1 Å². The van der Waals surface area contributed by atoms with Gasteiger partial charge >= 0.3 is 0 Å². The fourth-order valence-electron chi connectivity index (χ4n) is 2.77. The van der Waals surface area contributed by atoms with Gasteiger partial charge in [0.25, 0.3) is 0 Å². The van der Waals surface area contributed by atoms with Crippen LogP contribution >= 0.6 is 11.8 Å². The zero-order chi connectivity index (χ0) is 18.5. The monoisotopic (exact) mass is 372 g/mol. The van der Waals surface area contributed by atoms with E-state index in [1.54, 1.807) is 42.0 Å². The van der Waals surface area contributed by atoms with Crippen molar-refractivity contribution in [3.8, 4) is 5.75 Å². The van der Waals surface area contributed by atoms with E-state index in [-0.39, 0.29) is 18.1 Å². The lowest BCUT2D eigenvalue weighted by Crippen LogP contribution is -2.40. The highest BCUT2D eigenvalue weighted by atomic mass is 32.2. The first-order valence-corrected chi connectivity index (χ1v) is 9.47. The zero-order valence-corrected chi connectivity index (χ0v) is 15.7. The summed E-state index contributed by atoms with van der Waals surface area (Å²) in [6.45, 7) is 2.57. The van der Waals surface area contributed by atoms with Crippen molar-refractivity contribution in [3.05, 3.63) is 59.4 Å². The molecule has 2 aromatic rings. The molecule has 26 heavy (non-hydrogen) atoms. The quantitative estimate of drug-likeness (QED) is 0.802. The highest BCUT2D eigenvalue weighted by Crippen LogP contribution is 2.31. The van der Waals surface area contributed by atoms with Gasteiger partial charge in [0.15, 0.2) is 5.17 Å². The molecule has 3 rings (SSSR count). The van der Waals surface area contributed by atoms with Crippen LogP contribution in [0.5, 0.6) is 5.75 Å². The van der Waals surface area contributed by atoms with Crippen LogP contribution in [-0.4, -0.2) is 35.4 Å². The third-order valence-electron chi connectivity index (χ3n) is 4.14. The summed E-state index contributed by atoms with van der Waals surface area (Å²) in [7, 11) is 1.60. The van der Waals surface area contributed by atoms with E-state index < -0.39 is 0 Å². The van der Waals surface area contributed by atoms with Gasteiger partial charge in [0.05, 0.1) is 13.5 Å². The molecule has 0 atom stereocenters. The molecule has 1 heterocycles. The second-order valence-corrected chi connectivity index (χ2v) is 7.15. The normalized spacial score (nSPS) is 16.0. The van der Waals surface area contributed by atoms with Crippen molar-refractivity contribution in [1.82, 2.24) is 4.90 Å².